The first kappa shape index (κ1) is 24.1. The van der Waals surface area contributed by atoms with Crippen LogP contribution in [0.5, 0.6) is 0 Å². The van der Waals surface area contributed by atoms with E-state index in [-0.39, 0.29) is 11.8 Å². The minimum atomic E-state index is -3.52. The molecule has 0 radical (unpaired) electrons. The summed E-state index contributed by atoms with van der Waals surface area (Å²) in [7, 11) is -3.52. The fourth-order valence-electron chi connectivity index (χ4n) is 5.72. The molecule has 188 valence electrons. The molecule has 3 fully saturated rings. The molecule has 1 unspecified atom stereocenters. The van der Waals surface area contributed by atoms with Crippen molar-refractivity contribution in [3.05, 3.63) is 35.4 Å². The Hall–Kier alpha value is -1.56. The third kappa shape index (κ3) is 5.17. The normalized spacial score (nSPS) is 26.4. The average molecular weight is 494 g/mol. The SMILES string of the molecule is O=C(NCC[NH+]1CCc2ccccc2C1)C1CCN(S(=O)(=O)N2CCC3(CC2)OCCO3)CC1. The summed E-state index contributed by atoms with van der Waals surface area (Å²) in [5.74, 6) is -0.645. The molecule has 34 heavy (non-hydrogen) atoms. The number of amides is 1. The summed E-state index contributed by atoms with van der Waals surface area (Å²) in [6, 6.07) is 8.60. The van der Waals surface area contributed by atoms with Crippen LogP contribution < -0.4 is 10.2 Å². The summed E-state index contributed by atoms with van der Waals surface area (Å²) in [5.41, 5.74) is 2.86. The molecule has 9 nitrogen and oxygen atoms in total. The Labute approximate surface area is 202 Å². The van der Waals surface area contributed by atoms with E-state index >= 15 is 0 Å². The van der Waals surface area contributed by atoms with E-state index in [0.717, 1.165) is 26.1 Å². The van der Waals surface area contributed by atoms with Gasteiger partial charge in [-0.2, -0.15) is 17.0 Å². The van der Waals surface area contributed by atoms with E-state index in [1.165, 1.54) is 16.0 Å². The lowest BCUT2D eigenvalue weighted by molar-refractivity contribution is -0.914. The topological polar surface area (TPSA) is 92.6 Å². The van der Waals surface area contributed by atoms with E-state index in [0.29, 0.717) is 71.6 Å². The predicted molar refractivity (Wildman–Crippen MR) is 126 cm³/mol. The van der Waals surface area contributed by atoms with E-state index in [1.807, 2.05) is 0 Å². The summed E-state index contributed by atoms with van der Waals surface area (Å²) in [5, 5.41) is 3.10. The van der Waals surface area contributed by atoms with Crippen molar-refractivity contribution < 1.29 is 27.6 Å². The number of nitrogens with one attached hydrogen (secondary N) is 2. The highest BCUT2D eigenvalue weighted by Crippen LogP contribution is 2.33. The molecule has 5 rings (SSSR count). The van der Waals surface area contributed by atoms with Crippen LogP contribution >= 0.6 is 0 Å². The number of benzene rings is 1. The maximum absolute atomic E-state index is 13.1. The smallest absolute Gasteiger partial charge is 0.281 e. The zero-order valence-electron chi connectivity index (χ0n) is 19.8. The van der Waals surface area contributed by atoms with Crippen molar-refractivity contribution in [3.63, 3.8) is 0 Å². The molecule has 4 heterocycles. The highest BCUT2D eigenvalue weighted by Gasteiger charge is 2.44. The molecule has 4 aliphatic rings. The van der Waals surface area contributed by atoms with Crippen molar-refractivity contribution >= 4 is 16.1 Å². The van der Waals surface area contributed by atoms with Crippen LogP contribution in [0.4, 0.5) is 0 Å². The third-order valence-electron chi connectivity index (χ3n) is 7.86. The molecule has 10 heteroatoms. The van der Waals surface area contributed by atoms with Crippen LogP contribution in [0.3, 0.4) is 0 Å². The summed E-state index contributed by atoms with van der Waals surface area (Å²) in [6.45, 7) is 6.44. The molecule has 1 spiro atoms. The number of rotatable bonds is 6. The van der Waals surface area contributed by atoms with Gasteiger partial charge < -0.3 is 19.7 Å². The quantitative estimate of drug-likeness (QED) is 0.560. The van der Waals surface area contributed by atoms with E-state index < -0.39 is 16.0 Å². The summed E-state index contributed by atoms with van der Waals surface area (Å²) in [4.78, 5) is 14.2. The second kappa shape index (κ2) is 10.2. The van der Waals surface area contributed by atoms with Crippen LogP contribution in [-0.4, -0.2) is 87.7 Å². The minimum absolute atomic E-state index is 0.0595. The Bertz CT molecular complexity index is 963. The van der Waals surface area contributed by atoms with Crippen molar-refractivity contribution in [2.24, 2.45) is 5.92 Å². The first-order valence-electron chi connectivity index (χ1n) is 12.7. The molecule has 4 aliphatic heterocycles. The molecule has 1 aromatic carbocycles. The van der Waals surface area contributed by atoms with Crippen molar-refractivity contribution in [2.75, 3.05) is 59.0 Å². The fourth-order valence-corrected chi connectivity index (χ4v) is 7.36. The van der Waals surface area contributed by atoms with Crippen molar-refractivity contribution in [3.8, 4) is 0 Å². The van der Waals surface area contributed by atoms with Crippen molar-refractivity contribution in [1.82, 2.24) is 13.9 Å². The molecular weight excluding hydrogens is 456 g/mol. The summed E-state index contributed by atoms with van der Waals surface area (Å²) in [6.07, 6.45) is 3.36. The Morgan fingerprint density at radius 1 is 1.03 bits per heavy atom. The highest BCUT2D eigenvalue weighted by atomic mass is 32.2. The molecule has 0 aliphatic carbocycles. The number of quaternary nitrogens is 1. The number of hydrogen-bond acceptors (Lipinski definition) is 5. The highest BCUT2D eigenvalue weighted by molar-refractivity contribution is 7.86. The van der Waals surface area contributed by atoms with Gasteiger partial charge in [-0.1, -0.05) is 24.3 Å². The Morgan fingerprint density at radius 2 is 1.68 bits per heavy atom. The van der Waals surface area contributed by atoms with Gasteiger partial charge in [-0.15, -0.1) is 0 Å². The second-order valence-electron chi connectivity index (χ2n) is 9.92. The maximum atomic E-state index is 13.1. The predicted octanol–water partition coefficient (Wildman–Crippen LogP) is -0.460. The van der Waals surface area contributed by atoms with Gasteiger partial charge >= 0.3 is 0 Å². The first-order valence-corrected chi connectivity index (χ1v) is 14.1. The van der Waals surface area contributed by atoms with Gasteiger partial charge in [0.25, 0.3) is 10.2 Å². The Morgan fingerprint density at radius 3 is 2.38 bits per heavy atom. The van der Waals surface area contributed by atoms with Crippen LogP contribution in [0, 0.1) is 5.92 Å². The molecular formula is C24H37N4O5S+. The van der Waals surface area contributed by atoms with E-state index in [4.69, 9.17) is 9.47 Å². The number of hydrogen-bond donors (Lipinski definition) is 2. The average Bonchev–Trinajstić information content (AvgIpc) is 3.32. The molecule has 0 saturated carbocycles. The van der Waals surface area contributed by atoms with Crippen LogP contribution in [0.15, 0.2) is 24.3 Å². The maximum Gasteiger partial charge on any atom is 0.281 e. The van der Waals surface area contributed by atoms with Crippen LogP contribution in [0.25, 0.3) is 0 Å². The molecule has 1 atom stereocenters. The fraction of sp³-hybridized carbons (Fsp3) is 0.708. The van der Waals surface area contributed by atoms with Gasteiger partial charge in [0.2, 0.25) is 5.91 Å². The molecule has 2 N–H and O–H groups in total. The van der Waals surface area contributed by atoms with Gasteiger partial charge in [-0.25, -0.2) is 0 Å². The zero-order valence-corrected chi connectivity index (χ0v) is 20.7. The van der Waals surface area contributed by atoms with Gasteiger partial charge in [0.1, 0.15) is 6.54 Å². The van der Waals surface area contributed by atoms with Gasteiger partial charge in [-0.3, -0.25) is 4.79 Å². The summed E-state index contributed by atoms with van der Waals surface area (Å²) < 4.78 is 40.8. The van der Waals surface area contributed by atoms with Crippen LogP contribution in [0.2, 0.25) is 0 Å². The number of ether oxygens (including phenoxy) is 2. The largest absolute Gasteiger partial charge is 0.350 e. The monoisotopic (exact) mass is 493 g/mol. The van der Waals surface area contributed by atoms with Gasteiger partial charge in [0.05, 0.1) is 32.8 Å². The zero-order chi connectivity index (χ0) is 23.6. The van der Waals surface area contributed by atoms with Crippen LogP contribution in [-0.2, 0) is 37.4 Å². The molecule has 1 amide bonds. The van der Waals surface area contributed by atoms with E-state index in [9.17, 15) is 13.2 Å². The Balaban J connectivity index is 1.04. The number of nitrogens with zero attached hydrogens (tertiary/aromatic N) is 2. The van der Waals surface area contributed by atoms with Crippen LogP contribution in [0.1, 0.15) is 36.8 Å². The molecule has 0 bridgehead atoms. The lowest BCUT2D eigenvalue weighted by Crippen LogP contribution is -3.12. The third-order valence-corrected chi connectivity index (χ3v) is 9.90. The van der Waals surface area contributed by atoms with E-state index in [1.54, 1.807) is 8.61 Å². The molecule has 1 aromatic rings. The van der Waals surface area contributed by atoms with E-state index in [2.05, 4.69) is 29.6 Å². The number of carbonyl (C=O) groups excluding carboxylic acids is 1. The lowest BCUT2D eigenvalue weighted by atomic mass is 9.97. The number of fused-ring (bicyclic) bond motifs is 1. The minimum Gasteiger partial charge on any atom is -0.350 e. The van der Waals surface area contributed by atoms with Gasteiger partial charge in [-0.05, 0) is 18.4 Å². The molecule has 0 aromatic heterocycles. The standard InChI is InChI=1S/C24H36N4O5S/c29-23(25-10-16-26-11-5-20-3-1-2-4-22(20)19-26)21-6-12-27(13-7-21)34(30,31)28-14-8-24(9-15-28)32-17-18-33-24/h1-4,21H,5-19H2,(H,25,29)/p+1. The first-order chi connectivity index (χ1) is 16.5. The van der Waals surface area contributed by atoms with Crippen molar-refractivity contribution in [2.45, 2.75) is 44.4 Å². The number of carbonyl (C=O) groups is 1. The van der Waals surface area contributed by atoms with Gasteiger partial charge in [0, 0.05) is 56.9 Å². The number of piperidine rings is 2. The Kier molecular flexibility index (Phi) is 7.25. The molecule has 3 saturated heterocycles. The van der Waals surface area contributed by atoms with Gasteiger partial charge in [0.15, 0.2) is 5.79 Å². The second-order valence-corrected chi connectivity index (χ2v) is 11.9. The van der Waals surface area contributed by atoms with Crippen molar-refractivity contribution in [1.29, 1.82) is 0 Å². The summed E-state index contributed by atoms with van der Waals surface area (Å²) >= 11 is 0. The lowest BCUT2D eigenvalue weighted by Gasteiger charge is -2.40.